The van der Waals surface area contributed by atoms with Crippen LogP contribution in [0, 0.1) is 0 Å². The van der Waals surface area contributed by atoms with Gasteiger partial charge in [0, 0.05) is 24.4 Å². The summed E-state index contributed by atoms with van der Waals surface area (Å²) in [5.41, 5.74) is 3.24. The van der Waals surface area contributed by atoms with E-state index in [0.29, 0.717) is 24.2 Å². The maximum absolute atomic E-state index is 12.8. The molecule has 1 aliphatic carbocycles. The Kier molecular flexibility index (Phi) is 7.26. The van der Waals surface area contributed by atoms with Gasteiger partial charge in [0.25, 0.3) is 0 Å². The number of anilines is 2. The molecule has 0 aromatic heterocycles. The molecule has 0 fully saturated rings. The van der Waals surface area contributed by atoms with Crippen LogP contribution in [-0.4, -0.2) is 31.9 Å². The van der Waals surface area contributed by atoms with E-state index in [1.807, 2.05) is 54.6 Å². The monoisotopic (exact) mass is 470 g/mol. The molecule has 2 aliphatic rings. The van der Waals surface area contributed by atoms with Gasteiger partial charge in [-0.15, -0.1) is 0 Å². The second-order valence-electron chi connectivity index (χ2n) is 8.11. The molecule has 1 heterocycles. The van der Waals surface area contributed by atoms with Crippen molar-refractivity contribution >= 4 is 29.1 Å². The second-order valence-corrected chi connectivity index (χ2v) is 8.11. The number of benzene rings is 2. The smallest absolute Gasteiger partial charge is 0.355 e. The van der Waals surface area contributed by atoms with Gasteiger partial charge in [0.15, 0.2) is 5.78 Å². The minimum Gasteiger partial charge on any atom is -0.465 e. The molecule has 4 rings (SSSR count). The number of rotatable bonds is 6. The van der Waals surface area contributed by atoms with E-state index in [9.17, 15) is 14.4 Å². The molecule has 0 amide bonds. The SMILES string of the molecule is COC(=O)C1=C(C(=O)OC)N(c2ccccc2NC2=CC(=O)CC(c3ccccc3)C2)C=CC=C1. The third-order valence-electron chi connectivity index (χ3n) is 5.87. The van der Waals surface area contributed by atoms with Crippen molar-refractivity contribution < 1.29 is 23.9 Å². The van der Waals surface area contributed by atoms with E-state index in [1.54, 1.807) is 29.3 Å². The van der Waals surface area contributed by atoms with Crippen molar-refractivity contribution in [2.45, 2.75) is 18.8 Å². The van der Waals surface area contributed by atoms with Gasteiger partial charge in [-0.25, -0.2) is 9.59 Å². The molecule has 0 radical (unpaired) electrons. The van der Waals surface area contributed by atoms with Crippen LogP contribution in [0.2, 0.25) is 0 Å². The Morgan fingerprint density at radius 3 is 2.37 bits per heavy atom. The molecule has 7 heteroatoms. The zero-order chi connectivity index (χ0) is 24.8. The topological polar surface area (TPSA) is 84.9 Å². The van der Waals surface area contributed by atoms with Gasteiger partial charge in [-0.1, -0.05) is 48.5 Å². The second kappa shape index (κ2) is 10.7. The number of para-hydroxylation sites is 2. The highest BCUT2D eigenvalue weighted by molar-refractivity contribution is 6.06. The summed E-state index contributed by atoms with van der Waals surface area (Å²) in [6.07, 6.45) is 9.29. The first kappa shape index (κ1) is 23.8. The Bertz CT molecular complexity index is 1260. The lowest BCUT2D eigenvalue weighted by atomic mass is 9.85. The number of nitrogens with one attached hydrogen (secondary N) is 1. The first-order valence-electron chi connectivity index (χ1n) is 11.2. The third kappa shape index (κ3) is 5.24. The zero-order valence-corrected chi connectivity index (χ0v) is 19.6. The molecule has 178 valence electrons. The van der Waals surface area contributed by atoms with Crippen molar-refractivity contribution in [3.05, 3.63) is 108 Å². The van der Waals surface area contributed by atoms with Crippen LogP contribution in [0.15, 0.2) is 102 Å². The van der Waals surface area contributed by atoms with Crippen LogP contribution in [0.3, 0.4) is 0 Å². The summed E-state index contributed by atoms with van der Waals surface area (Å²) in [6.45, 7) is 0. The Balaban J connectivity index is 1.71. The number of hydrogen-bond acceptors (Lipinski definition) is 7. The number of allylic oxidation sites excluding steroid dienone is 4. The standard InChI is InChI=1S/C28H26N2O5/c1-34-27(32)23-12-8-9-15-30(26(23)28(33)35-2)25-14-7-6-13-24(25)29-21-16-20(17-22(31)18-21)19-10-4-3-5-11-19/h3-15,18,20,29H,16-17H2,1-2H3. The van der Waals surface area contributed by atoms with E-state index in [4.69, 9.17) is 9.47 Å². The first-order valence-corrected chi connectivity index (χ1v) is 11.2. The van der Waals surface area contributed by atoms with Crippen LogP contribution in [0.4, 0.5) is 11.4 Å². The number of nitrogens with zero attached hydrogens (tertiary/aromatic N) is 1. The number of ether oxygens (including phenoxy) is 2. The van der Waals surface area contributed by atoms with Crippen LogP contribution < -0.4 is 10.2 Å². The van der Waals surface area contributed by atoms with Gasteiger partial charge in [0.05, 0.1) is 31.2 Å². The Labute approximate surface area is 204 Å². The molecule has 0 saturated carbocycles. The fourth-order valence-corrected chi connectivity index (χ4v) is 4.25. The van der Waals surface area contributed by atoms with Crippen LogP contribution in [-0.2, 0) is 23.9 Å². The highest BCUT2D eigenvalue weighted by Gasteiger charge is 2.29. The first-order chi connectivity index (χ1) is 17.0. The molecule has 2 aromatic carbocycles. The van der Waals surface area contributed by atoms with Crippen LogP contribution in [0.5, 0.6) is 0 Å². The van der Waals surface area contributed by atoms with Gasteiger partial charge >= 0.3 is 11.9 Å². The summed E-state index contributed by atoms with van der Waals surface area (Å²) in [5, 5.41) is 3.39. The van der Waals surface area contributed by atoms with E-state index >= 15 is 0 Å². The third-order valence-corrected chi connectivity index (χ3v) is 5.87. The number of hydrogen-bond donors (Lipinski definition) is 1. The minimum atomic E-state index is -0.687. The van der Waals surface area contributed by atoms with Crippen LogP contribution >= 0.6 is 0 Å². The molecule has 1 atom stereocenters. The summed E-state index contributed by atoms with van der Waals surface area (Å²) in [5.74, 6) is -1.23. The summed E-state index contributed by atoms with van der Waals surface area (Å²) in [7, 11) is 2.51. The molecule has 0 spiro atoms. The molecule has 35 heavy (non-hydrogen) atoms. The molecule has 2 aromatic rings. The molecule has 0 saturated heterocycles. The van der Waals surface area contributed by atoms with Gasteiger partial charge in [-0.2, -0.15) is 0 Å². The van der Waals surface area contributed by atoms with E-state index in [1.165, 1.54) is 20.3 Å². The fraction of sp³-hybridized carbons (Fsp3) is 0.179. The summed E-state index contributed by atoms with van der Waals surface area (Å²) in [6, 6.07) is 17.3. The number of carbonyl (C=O) groups excluding carboxylic acids is 3. The number of esters is 2. The van der Waals surface area contributed by atoms with Crippen molar-refractivity contribution in [3.8, 4) is 0 Å². The predicted molar refractivity (Wildman–Crippen MR) is 133 cm³/mol. The van der Waals surface area contributed by atoms with Crippen LogP contribution in [0.25, 0.3) is 0 Å². The largest absolute Gasteiger partial charge is 0.465 e. The van der Waals surface area contributed by atoms with Crippen molar-refractivity contribution in [1.82, 2.24) is 0 Å². The van der Waals surface area contributed by atoms with Crippen LogP contribution in [0.1, 0.15) is 24.3 Å². The maximum Gasteiger partial charge on any atom is 0.355 e. The van der Waals surface area contributed by atoms with E-state index in [-0.39, 0.29) is 23.0 Å². The molecular weight excluding hydrogens is 444 g/mol. The lowest BCUT2D eigenvalue weighted by molar-refractivity contribution is -0.139. The molecule has 1 N–H and O–H groups in total. The van der Waals surface area contributed by atoms with E-state index in [2.05, 4.69) is 5.32 Å². The van der Waals surface area contributed by atoms with E-state index < -0.39 is 11.9 Å². The summed E-state index contributed by atoms with van der Waals surface area (Å²) in [4.78, 5) is 39.4. The average molecular weight is 471 g/mol. The summed E-state index contributed by atoms with van der Waals surface area (Å²) >= 11 is 0. The highest BCUT2D eigenvalue weighted by atomic mass is 16.5. The van der Waals surface area contributed by atoms with E-state index in [0.717, 1.165) is 11.3 Å². The molecule has 1 unspecified atom stereocenters. The van der Waals surface area contributed by atoms with Gasteiger partial charge in [-0.05, 0) is 42.2 Å². The van der Waals surface area contributed by atoms with Gasteiger partial charge in [0.1, 0.15) is 5.70 Å². The maximum atomic E-state index is 12.8. The number of methoxy groups -OCH3 is 2. The Morgan fingerprint density at radius 2 is 1.63 bits per heavy atom. The summed E-state index contributed by atoms with van der Waals surface area (Å²) < 4.78 is 9.90. The minimum absolute atomic E-state index is 0.0227. The average Bonchev–Trinajstić information content (AvgIpc) is 3.11. The van der Waals surface area contributed by atoms with Crippen molar-refractivity contribution in [1.29, 1.82) is 0 Å². The lowest BCUT2D eigenvalue weighted by Crippen LogP contribution is -2.27. The Morgan fingerprint density at radius 1 is 0.914 bits per heavy atom. The Hall–Kier alpha value is -4.39. The van der Waals surface area contributed by atoms with Gasteiger partial charge < -0.3 is 19.7 Å². The quantitative estimate of drug-likeness (QED) is 0.617. The number of ketones is 1. The predicted octanol–water partition coefficient (Wildman–Crippen LogP) is 4.62. The fourth-order valence-electron chi connectivity index (χ4n) is 4.25. The zero-order valence-electron chi connectivity index (χ0n) is 19.6. The molecule has 7 nitrogen and oxygen atoms in total. The molecular formula is C28H26N2O5. The normalized spacial score (nSPS) is 17.5. The van der Waals surface area contributed by atoms with Crippen molar-refractivity contribution in [2.24, 2.45) is 0 Å². The van der Waals surface area contributed by atoms with Crippen molar-refractivity contribution in [2.75, 3.05) is 24.4 Å². The lowest BCUT2D eigenvalue weighted by Gasteiger charge is -2.28. The van der Waals surface area contributed by atoms with Gasteiger partial charge in [-0.3, -0.25) is 4.79 Å². The molecule has 0 bridgehead atoms. The van der Waals surface area contributed by atoms with Crippen molar-refractivity contribution in [3.63, 3.8) is 0 Å². The van der Waals surface area contributed by atoms with Gasteiger partial charge in [0.2, 0.25) is 0 Å². The molecule has 1 aliphatic heterocycles. The highest BCUT2D eigenvalue weighted by Crippen LogP contribution is 2.36. The number of carbonyl (C=O) groups is 3.